The molecule has 1 aliphatic rings. The van der Waals surface area contributed by atoms with E-state index in [2.05, 4.69) is 25.7 Å². The second kappa shape index (κ2) is 8.95. The third-order valence-electron chi connectivity index (χ3n) is 6.32. The number of anilines is 1. The van der Waals surface area contributed by atoms with Crippen LogP contribution in [0.2, 0.25) is 0 Å². The number of nitrogens with zero attached hydrogens (tertiary/aromatic N) is 7. The lowest BCUT2D eigenvalue weighted by Gasteiger charge is -2.32. The van der Waals surface area contributed by atoms with E-state index in [4.69, 9.17) is 4.74 Å². The van der Waals surface area contributed by atoms with Crippen molar-refractivity contribution in [1.29, 1.82) is 0 Å². The lowest BCUT2D eigenvalue weighted by atomic mass is 10.0. The number of fused-ring (bicyclic) bond motifs is 2. The van der Waals surface area contributed by atoms with Gasteiger partial charge in [0.1, 0.15) is 23.2 Å². The molecule has 0 amide bonds. The number of methoxy groups -OCH3 is 1. The van der Waals surface area contributed by atoms with Gasteiger partial charge in [0.25, 0.3) is 6.43 Å². The van der Waals surface area contributed by atoms with E-state index in [0.29, 0.717) is 23.0 Å². The maximum Gasteiger partial charge on any atom is 0.260 e. The standard InChI is InChI=1S/C22H24F4N8O/c1-11(20(25)26)34-17-8-12(4-5-16(17)29-31-34)18-14(24)10-33-19(18)21(35-3)28-22(30-33)27-15-6-7-32(2)9-13(15)23/h4-5,8,10-11,13,15,20H,6-7,9H2,1-3H3,(H,27,30)/t11-,13+,15-/m0/s1. The van der Waals surface area contributed by atoms with Crippen LogP contribution in [0.15, 0.2) is 24.4 Å². The number of rotatable bonds is 6. The zero-order chi connectivity index (χ0) is 24.9. The molecular formula is C22H24F4N8O. The van der Waals surface area contributed by atoms with Crippen LogP contribution in [0.5, 0.6) is 5.88 Å². The van der Waals surface area contributed by atoms with Crippen molar-refractivity contribution in [2.24, 2.45) is 0 Å². The fourth-order valence-corrected chi connectivity index (χ4v) is 4.38. The van der Waals surface area contributed by atoms with Crippen molar-refractivity contribution < 1.29 is 22.3 Å². The monoisotopic (exact) mass is 492 g/mol. The van der Waals surface area contributed by atoms with Crippen molar-refractivity contribution >= 4 is 22.5 Å². The molecule has 0 aliphatic carbocycles. The van der Waals surface area contributed by atoms with Gasteiger partial charge in [-0.05, 0) is 38.1 Å². The maximum absolute atomic E-state index is 15.2. The van der Waals surface area contributed by atoms with Crippen LogP contribution in [0, 0.1) is 5.82 Å². The molecule has 35 heavy (non-hydrogen) atoms. The fraction of sp³-hybridized carbons (Fsp3) is 0.455. The summed E-state index contributed by atoms with van der Waals surface area (Å²) in [6.07, 6.45) is -2.03. The van der Waals surface area contributed by atoms with Crippen LogP contribution in [0.1, 0.15) is 19.4 Å². The second-order valence-corrected chi connectivity index (χ2v) is 8.72. The van der Waals surface area contributed by atoms with Crippen LogP contribution in [0.25, 0.3) is 27.7 Å². The fourth-order valence-electron chi connectivity index (χ4n) is 4.38. The lowest BCUT2D eigenvalue weighted by Crippen LogP contribution is -2.46. The summed E-state index contributed by atoms with van der Waals surface area (Å²) in [5.74, 6) is -0.424. The normalized spacial score (nSPS) is 20.1. The lowest BCUT2D eigenvalue weighted by molar-refractivity contribution is 0.0866. The Bertz CT molecular complexity index is 1370. The number of benzene rings is 1. The van der Waals surface area contributed by atoms with Crippen LogP contribution >= 0.6 is 0 Å². The molecule has 1 fully saturated rings. The van der Waals surface area contributed by atoms with Crippen molar-refractivity contribution in [3.8, 4) is 17.0 Å². The van der Waals surface area contributed by atoms with Crippen molar-refractivity contribution in [3.63, 3.8) is 0 Å². The highest BCUT2D eigenvalue weighted by Gasteiger charge is 2.29. The van der Waals surface area contributed by atoms with E-state index in [1.165, 1.54) is 24.7 Å². The van der Waals surface area contributed by atoms with E-state index >= 15 is 4.39 Å². The zero-order valence-electron chi connectivity index (χ0n) is 19.3. The SMILES string of the molecule is COc1nc(N[C@H]2CCN(C)C[C@H]2F)nn2cc(F)c(-c3ccc4nnn([C@@H](C)C(F)F)c4c3)c12. The van der Waals surface area contributed by atoms with Gasteiger partial charge >= 0.3 is 0 Å². The predicted molar refractivity (Wildman–Crippen MR) is 121 cm³/mol. The Kier molecular flexibility index (Phi) is 5.95. The number of aromatic nitrogens is 6. The molecule has 0 spiro atoms. The Balaban J connectivity index is 1.57. The molecule has 0 radical (unpaired) electrons. The molecule has 3 aromatic heterocycles. The first-order chi connectivity index (χ1) is 16.8. The van der Waals surface area contributed by atoms with Gasteiger partial charge in [0, 0.05) is 13.1 Å². The van der Waals surface area contributed by atoms with Crippen LogP contribution in [-0.2, 0) is 0 Å². The third-order valence-corrected chi connectivity index (χ3v) is 6.32. The Morgan fingerprint density at radius 1 is 1.26 bits per heavy atom. The highest BCUT2D eigenvalue weighted by Crippen LogP contribution is 2.36. The Labute approximate surface area is 197 Å². The van der Waals surface area contributed by atoms with E-state index in [-0.39, 0.29) is 29.5 Å². The van der Waals surface area contributed by atoms with Crippen molar-refractivity contribution in [2.75, 3.05) is 32.6 Å². The van der Waals surface area contributed by atoms with Gasteiger partial charge in [0.05, 0.1) is 30.4 Å². The van der Waals surface area contributed by atoms with Gasteiger partial charge in [0.15, 0.2) is 5.82 Å². The highest BCUT2D eigenvalue weighted by atomic mass is 19.3. The Hall–Kier alpha value is -3.48. The molecule has 1 N–H and O–H groups in total. The summed E-state index contributed by atoms with van der Waals surface area (Å²) < 4.78 is 64.1. The Morgan fingerprint density at radius 2 is 2.06 bits per heavy atom. The van der Waals surface area contributed by atoms with Gasteiger partial charge in [-0.3, -0.25) is 0 Å². The number of ether oxygens (including phenoxy) is 1. The molecule has 3 atom stereocenters. The number of halogens is 4. The van der Waals surface area contributed by atoms with Crippen molar-refractivity contribution in [2.45, 2.75) is 38.0 Å². The summed E-state index contributed by atoms with van der Waals surface area (Å²) >= 11 is 0. The molecule has 5 rings (SSSR count). The maximum atomic E-state index is 15.2. The van der Waals surface area contributed by atoms with E-state index < -0.39 is 30.5 Å². The minimum absolute atomic E-state index is 0.0809. The molecule has 4 aromatic rings. The number of hydrogen-bond acceptors (Lipinski definition) is 7. The van der Waals surface area contributed by atoms with E-state index in [9.17, 15) is 13.2 Å². The van der Waals surface area contributed by atoms with Crippen LogP contribution in [0.4, 0.5) is 23.5 Å². The summed E-state index contributed by atoms with van der Waals surface area (Å²) in [6.45, 7) is 2.34. The van der Waals surface area contributed by atoms with Crippen LogP contribution in [0.3, 0.4) is 0 Å². The summed E-state index contributed by atoms with van der Waals surface area (Å²) in [5.41, 5.74) is 1.51. The predicted octanol–water partition coefficient (Wildman–Crippen LogP) is 3.57. The van der Waals surface area contributed by atoms with Gasteiger partial charge < -0.3 is 15.0 Å². The number of piperidine rings is 1. The molecule has 9 nitrogen and oxygen atoms in total. The average Bonchev–Trinajstić information content (AvgIpc) is 3.39. The topological polar surface area (TPSA) is 85.4 Å². The quantitative estimate of drug-likeness (QED) is 0.412. The highest BCUT2D eigenvalue weighted by molar-refractivity contribution is 5.89. The summed E-state index contributed by atoms with van der Waals surface area (Å²) in [5, 5.41) is 15.1. The molecule has 4 heterocycles. The molecule has 0 saturated carbocycles. The molecule has 1 aromatic carbocycles. The Morgan fingerprint density at radius 3 is 2.77 bits per heavy atom. The largest absolute Gasteiger partial charge is 0.479 e. The first-order valence-electron chi connectivity index (χ1n) is 11.1. The number of hydrogen-bond donors (Lipinski definition) is 1. The molecular weight excluding hydrogens is 468 g/mol. The summed E-state index contributed by atoms with van der Waals surface area (Å²) in [7, 11) is 3.24. The van der Waals surface area contributed by atoms with Crippen molar-refractivity contribution in [3.05, 3.63) is 30.2 Å². The zero-order valence-corrected chi connectivity index (χ0v) is 19.3. The minimum Gasteiger partial charge on any atom is -0.479 e. The van der Waals surface area contributed by atoms with Gasteiger partial charge in [0.2, 0.25) is 11.8 Å². The molecule has 0 bridgehead atoms. The third kappa shape index (κ3) is 4.13. The minimum atomic E-state index is -2.65. The van der Waals surface area contributed by atoms with E-state index in [1.54, 1.807) is 18.2 Å². The molecule has 13 heteroatoms. The molecule has 1 saturated heterocycles. The number of nitrogens with one attached hydrogen (secondary N) is 1. The van der Waals surface area contributed by atoms with Crippen LogP contribution < -0.4 is 10.1 Å². The molecule has 186 valence electrons. The van der Waals surface area contributed by atoms with Gasteiger partial charge in [-0.2, -0.15) is 4.98 Å². The number of likely N-dealkylation sites (tertiary alicyclic amines) is 1. The molecule has 1 aliphatic heterocycles. The van der Waals surface area contributed by atoms with Crippen LogP contribution in [-0.4, -0.2) is 80.4 Å². The number of alkyl halides is 3. The van der Waals surface area contributed by atoms with Gasteiger partial charge in [-0.25, -0.2) is 26.8 Å². The first-order valence-corrected chi connectivity index (χ1v) is 11.1. The van der Waals surface area contributed by atoms with E-state index in [0.717, 1.165) is 11.2 Å². The average molecular weight is 492 g/mol. The van der Waals surface area contributed by atoms with E-state index in [1.807, 2.05) is 11.9 Å². The smallest absolute Gasteiger partial charge is 0.260 e. The second-order valence-electron chi connectivity index (χ2n) is 8.72. The molecule has 0 unspecified atom stereocenters. The van der Waals surface area contributed by atoms with Gasteiger partial charge in [-0.15, -0.1) is 10.2 Å². The first kappa shape index (κ1) is 23.3. The summed E-state index contributed by atoms with van der Waals surface area (Å²) in [6, 6.07) is 3.05. The summed E-state index contributed by atoms with van der Waals surface area (Å²) in [4.78, 5) is 6.25. The van der Waals surface area contributed by atoms with Crippen molar-refractivity contribution in [1.82, 2.24) is 34.5 Å². The van der Waals surface area contributed by atoms with Gasteiger partial charge in [-0.1, -0.05) is 11.3 Å².